The number of unbranched alkanes of at least 4 members (excludes halogenated alkanes) is 17. The molecule has 0 aromatic carbocycles. The summed E-state index contributed by atoms with van der Waals surface area (Å²) in [4.78, 5) is 62.2. The van der Waals surface area contributed by atoms with E-state index >= 15 is 0 Å². The van der Waals surface area contributed by atoms with Crippen LogP contribution in [0.1, 0.15) is 174 Å². The minimum absolute atomic E-state index is 0.0465. The first kappa shape index (κ1) is 58.0. The standard InChI is InChI=1S/C45H83NO14S/c1-6-7-8-9-10-11-12-13-14-15-16-21-27-40(60-45(51)55-33-26-32-46(2)3)31-34-56-44(50)58-37-39(36-57-43(49)30-24-18-17-22-28-41(47)53-4)38-59-61(52)35-25-20-19-23-29-42(48)54-5/h39-40H,6-38H2,1-5H3/t39-,40-,61+/m1/s1. The largest absolute Gasteiger partial charge is 0.508 e. The van der Waals surface area contributed by atoms with Gasteiger partial charge in [0.2, 0.25) is 0 Å². The van der Waals surface area contributed by atoms with Gasteiger partial charge in [-0.2, -0.15) is 0 Å². The molecule has 358 valence electrons. The Morgan fingerprint density at radius 1 is 0.508 bits per heavy atom. The molecular weight excluding hydrogens is 811 g/mol. The van der Waals surface area contributed by atoms with E-state index in [0.29, 0.717) is 51.4 Å². The van der Waals surface area contributed by atoms with E-state index in [1.54, 1.807) is 0 Å². The number of carbonyl (C=O) groups is 5. The van der Waals surface area contributed by atoms with Crippen LogP contribution >= 0.6 is 0 Å². The molecule has 16 heteroatoms. The molecule has 0 fully saturated rings. The second-order valence-corrected chi connectivity index (χ2v) is 17.2. The maximum absolute atomic E-state index is 12.7. The third-order valence-electron chi connectivity index (χ3n) is 10.0. The monoisotopic (exact) mass is 894 g/mol. The minimum Gasteiger partial charge on any atom is -0.469 e. The van der Waals surface area contributed by atoms with Gasteiger partial charge in [0, 0.05) is 38.0 Å². The molecule has 0 saturated carbocycles. The third kappa shape index (κ3) is 40.8. The highest BCUT2D eigenvalue weighted by Gasteiger charge is 2.20. The molecule has 0 unspecified atom stereocenters. The van der Waals surface area contributed by atoms with Crippen molar-refractivity contribution < 1.29 is 65.5 Å². The second kappa shape index (κ2) is 42.3. The highest BCUT2D eigenvalue weighted by atomic mass is 32.2. The average Bonchev–Trinajstić information content (AvgIpc) is 3.24. The fraction of sp³-hybridized carbons (Fsp3) is 0.889. The summed E-state index contributed by atoms with van der Waals surface area (Å²) in [5.74, 6) is -1.27. The molecule has 15 nitrogen and oxygen atoms in total. The van der Waals surface area contributed by atoms with Crippen LogP contribution in [0.25, 0.3) is 0 Å². The zero-order valence-electron chi connectivity index (χ0n) is 38.6. The lowest BCUT2D eigenvalue weighted by Crippen LogP contribution is -2.27. The van der Waals surface area contributed by atoms with Gasteiger partial charge in [-0.05, 0) is 59.0 Å². The lowest BCUT2D eigenvalue weighted by atomic mass is 10.0. The van der Waals surface area contributed by atoms with Crippen LogP contribution in [0, 0.1) is 5.92 Å². The minimum atomic E-state index is -1.62. The fourth-order valence-corrected chi connectivity index (χ4v) is 7.18. The smallest absolute Gasteiger partial charge is 0.469 e. The first-order valence-corrected chi connectivity index (χ1v) is 24.3. The van der Waals surface area contributed by atoms with Crippen LogP contribution in [0.4, 0.5) is 9.59 Å². The molecule has 61 heavy (non-hydrogen) atoms. The van der Waals surface area contributed by atoms with E-state index in [1.807, 2.05) is 19.0 Å². The van der Waals surface area contributed by atoms with E-state index in [1.165, 1.54) is 72.0 Å². The predicted octanol–water partition coefficient (Wildman–Crippen LogP) is 9.57. The third-order valence-corrected chi connectivity index (χ3v) is 11.1. The maximum Gasteiger partial charge on any atom is 0.508 e. The summed E-state index contributed by atoms with van der Waals surface area (Å²) in [5.41, 5.74) is 0. The molecule has 0 rings (SSSR count). The summed E-state index contributed by atoms with van der Waals surface area (Å²) in [6.45, 7) is 2.80. The number of methoxy groups -OCH3 is 2. The van der Waals surface area contributed by atoms with Crippen molar-refractivity contribution in [3.8, 4) is 0 Å². The zero-order valence-corrected chi connectivity index (χ0v) is 39.4. The molecule has 0 heterocycles. The molecule has 0 saturated heterocycles. The molecule has 3 atom stereocenters. The summed E-state index contributed by atoms with van der Waals surface area (Å²) >= 11 is -1.62. The zero-order chi connectivity index (χ0) is 45.2. The molecule has 0 spiro atoms. The van der Waals surface area contributed by atoms with Crippen LogP contribution in [-0.4, -0.2) is 119 Å². The Bertz CT molecular complexity index is 1100. The van der Waals surface area contributed by atoms with Gasteiger partial charge in [-0.25, -0.2) is 13.8 Å². The molecule has 0 aliphatic carbocycles. The molecule has 0 N–H and O–H groups in total. The van der Waals surface area contributed by atoms with Crippen LogP contribution < -0.4 is 0 Å². The Hall–Kier alpha value is -2.98. The van der Waals surface area contributed by atoms with Crippen molar-refractivity contribution in [1.29, 1.82) is 0 Å². The van der Waals surface area contributed by atoms with E-state index in [2.05, 4.69) is 16.4 Å². The van der Waals surface area contributed by atoms with Gasteiger partial charge < -0.3 is 38.1 Å². The Kier molecular flexibility index (Phi) is 40.3. The number of esters is 3. The Morgan fingerprint density at radius 2 is 1.00 bits per heavy atom. The summed E-state index contributed by atoms with van der Waals surface area (Å²) in [6, 6.07) is 0. The number of nitrogens with zero attached hydrogens (tertiary/aromatic N) is 1. The molecule has 0 aromatic heterocycles. The summed E-state index contributed by atoms with van der Waals surface area (Å²) < 4.78 is 54.5. The quantitative estimate of drug-likeness (QED) is 0.0321. The fourth-order valence-electron chi connectivity index (χ4n) is 6.28. The van der Waals surface area contributed by atoms with Crippen molar-refractivity contribution >= 4 is 41.3 Å². The van der Waals surface area contributed by atoms with Gasteiger partial charge in [0.1, 0.15) is 12.7 Å². The average molecular weight is 894 g/mol. The second-order valence-electron chi connectivity index (χ2n) is 15.9. The van der Waals surface area contributed by atoms with E-state index in [0.717, 1.165) is 51.5 Å². The first-order chi connectivity index (χ1) is 29.5. The van der Waals surface area contributed by atoms with Crippen LogP contribution in [0.15, 0.2) is 0 Å². The lowest BCUT2D eigenvalue weighted by Gasteiger charge is -2.19. The van der Waals surface area contributed by atoms with E-state index < -0.39 is 41.4 Å². The summed E-state index contributed by atoms with van der Waals surface area (Å²) in [7, 11) is 6.60. The van der Waals surface area contributed by atoms with Gasteiger partial charge in [0.05, 0.1) is 46.6 Å². The Labute approximate surface area is 370 Å². The molecule has 0 amide bonds. The molecule has 0 bridgehead atoms. The number of rotatable bonds is 42. The van der Waals surface area contributed by atoms with Gasteiger partial charge in [0.25, 0.3) is 0 Å². The highest BCUT2D eigenvalue weighted by Crippen LogP contribution is 2.17. The van der Waals surface area contributed by atoms with Crippen molar-refractivity contribution in [2.75, 3.05) is 73.6 Å². The van der Waals surface area contributed by atoms with Crippen LogP contribution in [0.3, 0.4) is 0 Å². The van der Waals surface area contributed by atoms with Gasteiger partial charge >= 0.3 is 30.2 Å². The van der Waals surface area contributed by atoms with Crippen molar-refractivity contribution in [2.45, 2.75) is 180 Å². The molecule has 0 aromatic rings. The van der Waals surface area contributed by atoms with Gasteiger partial charge in [-0.15, -0.1) is 0 Å². The summed E-state index contributed by atoms with van der Waals surface area (Å²) in [5, 5.41) is 0. The van der Waals surface area contributed by atoms with Crippen molar-refractivity contribution in [3.63, 3.8) is 0 Å². The maximum atomic E-state index is 12.7. The van der Waals surface area contributed by atoms with Crippen LogP contribution in [0.2, 0.25) is 0 Å². The van der Waals surface area contributed by atoms with Gasteiger partial charge in [-0.3, -0.25) is 18.6 Å². The van der Waals surface area contributed by atoms with Gasteiger partial charge in [0.15, 0.2) is 11.1 Å². The number of ether oxygens (including phenoxy) is 7. The number of carbonyl (C=O) groups excluding carboxylic acids is 5. The number of hydrogen-bond donors (Lipinski definition) is 0. The Morgan fingerprint density at radius 3 is 1.56 bits per heavy atom. The lowest BCUT2D eigenvalue weighted by molar-refractivity contribution is -0.146. The predicted molar refractivity (Wildman–Crippen MR) is 235 cm³/mol. The van der Waals surface area contributed by atoms with E-state index in [9.17, 15) is 28.2 Å². The number of hydrogen-bond acceptors (Lipinski definition) is 15. The summed E-state index contributed by atoms with van der Waals surface area (Å²) in [6.07, 6.45) is 20.5. The first-order valence-electron chi connectivity index (χ1n) is 23.1. The Balaban J connectivity index is 4.96. The molecule has 0 aliphatic rings. The van der Waals surface area contributed by atoms with E-state index in [-0.39, 0.29) is 63.6 Å². The van der Waals surface area contributed by atoms with Crippen molar-refractivity contribution in [2.24, 2.45) is 5.92 Å². The van der Waals surface area contributed by atoms with Crippen LogP contribution in [0.5, 0.6) is 0 Å². The SMILES string of the molecule is CCCCCCCCCCCCCC[C@H](CCOC(=O)OC[C@@H](COC(=O)CCCCCCC(=O)OC)CO[S@](=O)CCCCCCC(=O)OC)OC(=O)OCCCN(C)C. The van der Waals surface area contributed by atoms with Crippen molar-refractivity contribution in [3.05, 3.63) is 0 Å². The van der Waals surface area contributed by atoms with Crippen molar-refractivity contribution in [1.82, 2.24) is 4.90 Å². The highest BCUT2D eigenvalue weighted by molar-refractivity contribution is 7.80. The molecular formula is C45H83NO14S. The molecule has 0 radical (unpaired) electrons. The topological polar surface area (TPSA) is 179 Å². The van der Waals surface area contributed by atoms with E-state index in [4.69, 9.17) is 27.9 Å². The van der Waals surface area contributed by atoms with Crippen LogP contribution in [-0.2, 0) is 62.8 Å². The normalized spacial score (nSPS) is 12.6. The van der Waals surface area contributed by atoms with Gasteiger partial charge in [-0.1, -0.05) is 103 Å². The molecule has 0 aliphatic heterocycles.